The first-order valence-corrected chi connectivity index (χ1v) is 5.30. The lowest BCUT2D eigenvalue weighted by Crippen LogP contribution is -1.93. The third-order valence-corrected chi connectivity index (χ3v) is 2.62. The Balaban J connectivity index is 3.25. The topological polar surface area (TPSA) is 0 Å². The second-order valence-corrected chi connectivity index (χ2v) is 4.22. The van der Waals surface area contributed by atoms with E-state index in [9.17, 15) is 0 Å². The quantitative estimate of drug-likeness (QED) is 0.642. The average Bonchev–Trinajstić information content (AvgIpc) is 2.10. The maximum atomic E-state index is 2.30. The molecule has 0 aliphatic heterocycles. The Hall–Kier alpha value is -1.04. The molecule has 0 saturated heterocycles. The molecule has 0 heteroatoms. The van der Waals surface area contributed by atoms with Gasteiger partial charge in [0.1, 0.15) is 0 Å². The molecule has 0 nitrogen and oxygen atoms in total. The second kappa shape index (κ2) is 4.45. The van der Waals surface area contributed by atoms with Gasteiger partial charge < -0.3 is 0 Å². The molecule has 14 heavy (non-hydrogen) atoms. The molecular formula is C14H20. The van der Waals surface area contributed by atoms with Crippen molar-refractivity contribution in [2.45, 2.75) is 40.5 Å². The first kappa shape index (κ1) is 11.0. The van der Waals surface area contributed by atoms with Crippen molar-refractivity contribution in [1.82, 2.24) is 0 Å². The van der Waals surface area contributed by atoms with Gasteiger partial charge in [0.25, 0.3) is 0 Å². The van der Waals surface area contributed by atoms with E-state index in [2.05, 4.69) is 58.9 Å². The molecule has 0 aromatic heterocycles. The van der Waals surface area contributed by atoms with Crippen LogP contribution in [-0.4, -0.2) is 0 Å². The van der Waals surface area contributed by atoms with Crippen LogP contribution in [0.3, 0.4) is 0 Å². The van der Waals surface area contributed by atoms with Crippen LogP contribution < -0.4 is 0 Å². The van der Waals surface area contributed by atoms with Crippen molar-refractivity contribution in [2.75, 3.05) is 0 Å². The summed E-state index contributed by atoms with van der Waals surface area (Å²) in [5.41, 5.74) is 5.57. The number of benzene rings is 1. The Morgan fingerprint density at radius 1 is 1.07 bits per heavy atom. The highest BCUT2D eigenvalue weighted by molar-refractivity contribution is 5.58. The van der Waals surface area contributed by atoms with Gasteiger partial charge in [-0.05, 0) is 48.9 Å². The molecular weight excluding hydrogens is 168 g/mol. The molecule has 0 aliphatic rings. The molecule has 0 radical (unpaired) electrons. The van der Waals surface area contributed by atoms with Crippen molar-refractivity contribution in [1.29, 1.82) is 0 Å². The molecule has 0 spiro atoms. The SMILES string of the molecule is CC=Cc1c(C)cc(C(C)C)cc1C. The molecule has 0 fully saturated rings. The summed E-state index contributed by atoms with van der Waals surface area (Å²) in [7, 11) is 0. The minimum absolute atomic E-state index is 0.618. The van der Waals surface area contributed by atoms with Crippen LogP contribution in [0.25, 0.3) is 6.08 Å². The zero-order valence-corrected chi connectivity index (χ0v) is 9.89. The van der Waals surface area contributed by atoms with Crippen LogP contribution in [0.5, 0.6) is 0 Å². The molecule has 0 atom stereocenters. The predicted molar refractivity (Wildman–Crippen MR) is 64.7 cm³/mol. The van der Waals surface area contributed by atoms with Crippen LogP contribution in [-0.2, 0) is 0 Å². The van der Waals surface area contributed by atoms with Crippen molar-refractivity contribution in [3.8, 4) is 0 Å². The van der Waals surface area contributed by atoms with Gasteiger partial charge in [0.2, 0.25) is 0 Å². The van der Waals surface area contributed by atoms with Crippen LogP contribution in [0.4, 0.5) is 0 Å². The van der Waals surface area contributed by atoms with Crippen molar-refractivity contribution in [3.05, 3.63) is 40.5 Å². The van der Waals surface area contributed by atoms with E-state index in [0.717, 1.165) is 0 Å². The fourth-order valence-electron chi connectivity index (χ4n) is 1.77. The van der Waals surface area contributed by atoms with Crippen LogP contribution in [0, 0.1) is 13.8 Å². The average molecular weight is 188 g/mol. The minimum Gasteiger partial charge on any atom is -0.0870 e. The highest BCUT2D eigenvalue weighted by Gasteiger charge is 2.04. The Bertz CT molecular complexity index is 320. The van der Waals surface area contributed by atoms with Gasteiger partial charge in [0, 0.05) is 0 Å². The first-order chi connectivity index (χ1) is 6.56. The summed E-state index contributed by atoms with van der Waals surface area (Å²) in [6.45, 7) is 10.9. The Labute approximate surface area is 87.7 Å². The van der Waals surface area contributed by atoms with E-state index < -0.39 is 0 Å². The highest BCUT2D eigenvalue weighted by atomic mass is 14.1. The zero-order valence-electron chi connectivity index (χ0n) is 9.89. The summed E-state index contributed by atoms with van der Waals surface area (Å²) < 4.78 is 0. The van der Waals surface area contributed by atoms with E-state index in [0.29, 0.717) is 5.92 Å². The summed E-state index contributed by atoms with van der Waals surface area (Å²) in [6.07, 6.45) is 4.29. The van der Waals surface area contributed by atoms with Gasteiger partial charge in [-0.1, -0.05) is 38.1 Å². The number of aryl methyl sites for hydroxylation is 2. The first-order valence-electron chi connectivity index (χ1n) is 5.30. The molecule has 0 unspecified atom stereocenters. The molecule has 0 aliphatic carbocycles. The summed E-state index contributed by atoms with van der Waals surface area (Å²) in [4.78, 5) is 0. The molecule has 0 saturated carbocycles. The summed E-state index contributed by atoms with van der Waals surface area (Å²) in [6, 6.07) is 4.60. The van der Waals surface area contributed by atoms with E-state index in [1.165, 1.54) is 22.3 Å². The third-order valence-electron chi connectivity index (χ3n) is 2.62. The van der Waals surface area contributed by atoms with Gasteiger partial charge in [-0.3, -0.25) is 0 Å². The lowest BCUT2D eigenvalue weighted by Gasteiger charge is -2.12. The van der Waals surface area contributed by atoms with E-state index in [1.807, 2.05) is 0 Å². The zero-order chi connectivity index (χ0) is 10.7. The number of hydrogen-bond donors (Lipinski definition) is 0. The van der Waals surface area contributed by atoms with Gasteiger partial charge >= 0.3 is 0 Å². The van der Waals surface area contributed by atoms with Gasteiger partial charge in [0.15, 0.2) is 0 Å². The summed E-state index contributed by atoms with van der Waals surface area (Å²) in [5, 5.41) is 0. The smallest absolute Gasteiger partial charge is 0.0201 e. The van der Waals surface area contributed by atoms with E-state index in [1.54, 1.807) is 0 Å². The van der Waals surface area contributed by atoms with Crippen LogP contribution in [0.15, 0.2) is 18.2 Å². The Morgan fingerprint density at radius 3 is 1.93 bits per heavy atom. The number of rotatable bonds is 2. The van der Waals surface area contributed by atoms with Crippen LogP contribution in [0.1, 0.15) is 48.9 Å². The number of allylic oxidation sites excluding steroid dienone is 1. The largest absolute Gasteiger partial charge is 0.0870 e. The predicted octanol–water partition coefficient (Wildman–Crippen LogP) is 4.46. The molecule has 0 N–H and O–H groups in total. The van der Waals surface area contributed by atoms with Crippen molar-refractivity contribution >= 4 is 6.08 Å². The summed E-state index contributed by atoms with van der Waals surface area (Å²) >= 11 is 0. The maximum absolute atomic E-state index is 2.30. The fourth-order valence-corrected chi connectivity index (χ4v) is 1.77. The molecule has 1 rings (SSSR count). The van der Waals surface area contributed by atoms with Gasteiger partial charge in [0.05, 0.1) is 0 Å². The maximum Gasteiger partial charge on any atom is -0.0201 e. The minimum atomic E-state index is 0.618. The highest BCUT2D eigenvalue weighted by Crippen LogP contribution is 2.23. The fraction of sp³-hybridized carbons (Fsp3) is 0.429. The Kier molecular flexibility index (Phi) is 3.51. The Morgan fingerprint density at radius 2 is 1.57 bits per heavy atom. The molecule has 0 amide bonds. The van der Waals surface area contributed by atoms with Gasteiger partial charge in [-0.2, -0.15) is 0 Å². The van der Waals surface area contributed by atoms with Crippen LogP contribution in [0.2, 0.25) is 0 Å². The van der Waals surface area contributed by atoms with Gasteiger partial charge in [-0.25, -0.2) is 0 Å². The van der Waals surface area contributed by atoms with E-state index in [-0.39, 0.29) is 0 Å². The number of hydrogen-bond acceptors (Lipinski definition) is 0. The molecule has 76 valence electrons. The second-order valence-electron chi connectivity index (χ2n) is 4.22. The molecule has 1 aromatic carbocycles. The lowest BCUT2D eigenvalue weighted by atomic mass is 9.94. The van der Waals surface area contributed by atoms with Gasteiger partial charge in [-0.15, -0.1) is 0 Å². The third kappa shape index (κ3) is 2.25. The van der Waals surface area contributed by atoms with Crippen molar-refractivity contribution < 1.29 is 0 Å². The molecule has 0 bridgehead atoms. The normalized spacial score (nSPS) is 11.6. The summed E-state index contributed by atoms with van der Waals surface area (Å²) in [5.74, 6) is 0.618. The standard InChI is InChI=1S/C14H20/c1-6-7-14-11(4)8-13(10(2)3)9-12(14)5/h6-10H,1-5H3. The van der Waals surface area contributed by atoms with E-state index in [4.69, 9.17) is 0 Å². The monoisotopic (exact) mass is 188 g/mol. The van der Waals surface area contributed by atoms with E-state index >= 15 is 0 Å². The van der Waals surface area contributed by atoms with Crippen molar-refractivity contribution in [2.24, 2.45) is 0 Å². The van der Waals surface area contributed by atoms with Crippen LogP contribution >= 0.6 is 0 Å². The molecule has 0 heterocycles. The molecule has 1 aromatic rings. The van der Waals surface area contributed by atoms with Crippen molar-refractivity contribution in [3.63, 3.8) is 0 Å². The lowest BCUT2D eigenvalue weighted by molar-refractivity contribution is 0.862.